The van der Waals surface area contributed by atoms with Gasteiger partial charge in [0.25, 0.3) is 0 Å². The summed E-state index contributed by atoms with van der Waals surface area (Å²) < 4.78 is 11.0. The van der Waals surface area contributed by atoms with Crippen molar-refractivity contribution < 1.29 is 23.9 Å². The third-order valence-electron chi connectivity index (χ3n) is 7.80. The number of carbonyl (C=O) groups excluding carboxylic acids is 3. The SMILES string of the molecule is CCOC(=O)[C@H](CCc1ccccc1)N[C@@H](C)C(=O)N1C(C(=O)OCc2ccccc2)C[C@@H]2CCCC[C@H]21. The zero-order chi connectivity index (χ0) is 26.9. The number of nitrogens with one attached hydrogen (secondary N) is 1. The van der Waals surface area contributed by atoms with E-state index in [4.69, 9.17) is 9.47 Å². The zero-order valence-corrected chi connectivity index (χ0v) is 22.5. The fourth-order valence-corrected chi connectivity index (χ4v) is 5.88. The van der Waals surface area contributed by atoms with Crippen LogP contribution in [0.15, 0.2) is 60.7 Å². The first-order chi connectivity index (χ1) is 18.5. The summed E-state index contributed by atoms with van der Waals surface area (Å²) >= 11 is 0. The number of likely N-dealkylation sites (tertiary alicyclic amines) is 1. The van der Waals surface area contributed by atoms with Crippen LogP contribution in [0, 0.1) is 5.92 Å². The third kappa shape index (κ3) is 7.01. The second kappa shape index (κ2) is 13.6. The first kappa shape index (κ1) is 27.8. The second-order valence-corrected chi connectivity index (χ2v) is 10.4. The highest BCUT2D eigenvalue weighted by Gasteiger charge is 2.49. The number of hydrogen-bond donors (Lipinski definition) is 1. The molecule has 5 atom stereocenters. The van der Waals surface area contributed by atoms with E-state index in [1.165, 1.54) is 0 Å². The van der Waals surface area contributed by atoms with Crippen molar-refractivity contribution in [2.75, 3.05) is 6.61 Å². The van der Waals surface area contributed by atoms with Crippen LogP contribution < -0.4 is 5.32 Å². The minimum absolute atomic E-state index is 0.0279. The number of hydrogen-bond acceptors (Lipinski definition) is 6. The van der Waals surface area contributed by atoms with Crippen LogP contribution in [0.3, 0.4) is 0 Å². The van der Waals surface area contributed by atoms with Crippen LogP contribution in [-0.4, -0.2) is 53.5 Å². The number of rotatable bonds is 11. The molecule has 1 heterocycles. The largest absolute Gasteiger partial charge is 0.465 e. The maximum absolute atomic E-state index is 13.9. The van der Waals surface area contributed by atoms with E-state index in [0.717, 1.165) is 36.8 Å². The molecule has 2 aromatic rings. The summed E-state index contributed by atoms with van der Waals surface area (Å²) in [6, 6.07) is 17.7. The van der Waals surface area contributed by atoms with Crippen LogP contribution in [-0.2, 0) is 36.9 Å². The van der Waals surface area contributed by atoms with E-state index in [9.17, 15) is 14.4 Å². The standard InChI is InChI=1S/C31H40N2O5/c1-3-37-30(35)26(19-18-23-12-6-4-7-13-23)32-22(2)29(34)33-27-17-11-10-16-25(27)20-28(33)31(36)38-21-24-14-8-5-9-15-24/h4-9,12-15,22,25-28,32H,3,10-11,16-21H2,1-2H3/t22-,25-,26-,27+,28?/m0/s1. The van der Waals surface area contributed by atoms with Crippen molar-refractivity contribution in [3.63, 3.8) is 0 Å². The maximum Gasteiger partial charge on any atom is 0.329 e. The van der Waals surface area contributed by atoms with Crippen molar-refractivity contribution in [3.05, 3.63) is 71.8 Å². The molecule has 2 aliphatic rings. The number of benzene rings is 2. The van der Waals surface area contributed by atoms with E-state index in [1.54, 1.807) is 18.7 Å². The molecule has 4 rings (SSSR count). The molecule has 1 saturated heterocycles. The van der Waals surface area contributed by atoms with Gasteiger partial charge in [-0.2, -0.15) is 0 Å². The van der Waals surface area contributed by atoms with Crippen LogP contribution in [0.2, 0.25) is 0 Å². The molecule has 0 bridgehead atoms. The second-order valence-electron chi connectivity index (χ2n) is 10.4. The van der Waals surface area contributed by atoms with Gasteiger partial charge in [0, 0.05) is 6.04 Å². The molecule has 7 nitrogen and oxygen atoms in total. The van der Waals surface area contributed by atoms with Gasteiger partial charge in [-0.15, -0.1) is 0 Å². The Kier molecular flexibility index (Phi) is 9.93. The van der Waals surface area contributed by atoms with Crippen LogP contribution in [0.5, 0.6) is 0 Å². The van der Waals surface area contributed by atoms with Gasteiger partial charge >= 0.3 is 11.9 Å². The fraction of sp³-hybridized carbons (Fsp3) is 0.516. The van der Waals surface area contributed by atoms with Gasteiger partial charge in [-0.1, -0.05) is 73.5 Å². The van der Waals surface area contributed by atoms with E-state index >= 15 is 0 Å². The first-order valence-corrected chi connectivity index (χ1v) is 14.0. The average molecular weight is 521 g/mol. The number of ether oxygens (including phenoxy) is 2. The molecular weight excluding hydrogens is 480 g/mol. The first-order valence-electron chi connectivity index (χ1n) is 14.0. The number of amides is 1. The Morgan fingerprint density at radius 3 is 2.29 bits per heavy atom. The van der Waals surface area contributed by atoms with Crippen LogP contribution in [0.25, 0.3) is 0 Å². The van der Waals surface area contributed by atoms with Crippen molar-refractivity contribution in [2.45, 2.75) is 89.6 Å². The molecule has 1 amide bonds. The van der Waals surface area contributed by atoms with Gasteiger partial charge in [0.2, 0.25) is 5.91 Å². The van der Waals surface area contributed by atoms with Gasteiger partial charge in [0.1, 0.15) is 18.7 Å². The number of carbonyl (C=O) groups is 3. The lowest BCUT2D eigenvalue weighted by Crippen LogP contribution is -2.56. The van der Waals surface area contributed by atoms with Crippen molar-refractivity contribution in [1.82, 2.24) is 10.2 Å². The highest BCUT2D eigenvalue weighted by atomic mass is 16.5. The summed E-state index contributed by atoms with van der Waals surface area (Å²) in [5, 5.41) is 3.24. The van der Waals surface area contributed by atoms with Crippen molar-refractivity contribution in [3.8, 4) is 0 Å². The smallest absolute Gasteiger partial charge is 0.329 e. The number of fused-ring (bicyclic) bond motifs is 1. The molecule has 0 spiro atoms. The van der Waals surface area contributed by atoms with E-state index < -0.39 is 18.1 Å². The molecule has 1 aliphatic heterocycles. The van der Waals surface area contributed by atoms with Gasteiger partial charge in [0.05, 0.1) is 12.6 Å². The molecule has 1 unspecified atom stereocenters. The Balaban J connectivity index is 1.45. The monoisotopic (exact) mass is 520 g/mol. The van der Waals surface area contributed by atoms with Gasteiger partial charge in [-0.05, 0) is 63.0 Å². The Labute approximate surface area is 225 Å². The maximum atomic E-state index is 13.9. The number of nitrogens with zero attached hydrogens (tertiary/aromatic N) is 1. The Morgan fingerprint density at radius 1 is 0.947 bits per heavy atom. The summed E-state index contributed by atoms with van der Waals surface area (Å²) in [6.07, 6.45) is 5.89. The minimum atomic E-state index is -0.648. The van der Waals surface area contributed by atoms with Gasteiger partial charge in [-0.3, -0.25) is 14.9 Å². The van der Waals surface area contributed by atoms with E-state index in [0.29, 0.717) is 25.2 Å². The van der Waals surface area contributed by atoms with Crippen molar-refractivity contribution >= 4 is 17.8 Å². The van der Waals surface area contributed by atoms with Crippen LogP contribution in [0.1, 0.15) is 63.5 Å². The minimum Gasteiger partial charge on any atom is -0.465 e. The van der Waals surface area contributed by atoms with Crippen LogP contribution in [0.4, 0.5) is 0 Å². The fourth-order valence-electron chi connectivity index (χ4n) is 5.88. The van der Waals surface area contributed by atoms with Crippen LogP contribution >= 0.6 is 0 Å². The van der Waals surface area contributed by atoms with E-state index in [-0.39, 0.29) is 37.1 Å². The van der Waals surface area contributed by atoms with E-state index in [1.807, 2.05) is 60.7 Å². The Morgan fingerprint density at radius 2 is 1.61 bits per heavy atom. The van der Waals surface area contributed by atoms with Crippen molar-refractivity contribution in [2.24, 2.45) is 5.92 Å². The van der Waals surface area contributed by atoms with Gasteiger partial charge in [0.15, 0.2) is 0 Å². The average Bonchev–Trinajstić information content (AvgIpc) is 3.34. The Hall–Kier alpha value is -3.19. The molecule has 38 heavy (non-hydrogen) atoms. The number of aryl methyl sites for hydroxylation is 1. The van der Waals surface area contributed by atoms with Gasteiger partial charge < -0.3 is 14.4 Å². The molecular formula is C31H40N2O5. The molecule has 0 aromatic heterocycles. The number of esters is 2. The summed E-state index contributed by atoms with van der Waals surface area (Å²) in [6.45, 7) is 4.01. The summed E-state index contributed by atoms with van der Waals surface area (Å²) in [7, 11) is 0. The molecule has 1 saturated carbocycles. The highest BCUT2D eigenvalue weighted by molar-refractivity contribution is 5.89. The highest BCUT2D eigenvalue weighted by Crippen LogP contribution is 2.40. The third-order valence-corrected chi connectivity index (χ3v) is 7.80. The van der Waals surface area contributed by atoms with E-state index in [2.05, 4.69) is 5.32 Å². The predicted molar refractivity (Wildman–Crippen MR) is 145 cm³/mol. The lowest BCUT2D eigenvalue weighted by molar-refractivity contribution is -0.157. The molecule has 2 aromatic carbocycles. The predicted octanol–water partition coefficient (Wildman–Crippen LogP) is 4.43. The lowest BCUT2D eigenvalue weighted by Gasteiger charge is -2.35. The molecule has 204 valence electrons. The quantitative estimate of drug-likeness (QED) is 0.441. The molecule has 1 aliphatic carbocycles. The Bertz CT molecular complexity index is 1060. The normalized spacial score (nSPS) is 22.3. The molecule has 0 radical (unpaired) electrons. The summed E-state index contributed by atoms with van der Waals surface area (Å²) in [5.74, 6) is -0.572. The molecule has 2 fully saturated rings. The van der Waals surface area contributed by atoms with Crippen molar-refractivity contribution in [1.29, 1.82) is 0 Å². The molecule has 1 N–H and O–H groups in total. The summed E-state index contributed by atoms with van der Waals surface area (Å²) in [5.41, 5.74) is 2.04. The zero-order valence-electron chi connectivity index (χ0n) is 22.5. The molecule has 7 heteroatoms. The summed E-state index contributed by atoms with van der Waals surface area (Å²) in [4.78, 5) is 41.7. The van der Waals surface area contributed by atoms with Gasteiger partial charge in [-0.25, -0.2) is 4.79 Å². The topological polar surface area (TPSA) is 84.9 Å². The lowest BCUT2D eigenvalue weighted by atomic mass is 9.84.